The lowest BCUT2D eigenvalue weighted by Crippen LogP contribution is -2.04. The molecule has 0 amide bonds. The maximum atomic E-state index is 5.82. The van der Waals surface area contributed by atoms with Gasteiger partial charge in [-0.1, -0.05) is 13.8 Å². The lowest BCUT2D eigenvalue weighted by molar-refractivity contribution is 0.261. The quantitative estimate of drug-likeness (QED) is 0.529. The summed E-state index contributed by atoms with van der Waals surface area (Å²) in [7, 11) is 0. The zero-order chi connectivity index (χ0) is 17.4. The maximum Gasteiger partial charge on any atom is 0.205 e. The highest BCUT2D eigenvalue weighted by molar-refractivity contribution is 7.14. The summed E-state index contributed by atoms with van der Waals surface area (Å²) in [6.07, 6.45) is 2.72. The van der Waals surface area contributed by atoms with Gasteiger partial charge in [0, 0.05) is 5.38 Å². The number of thiazole rings is 1. The molecule has 24 heavy (non-hydrogen) atoms. The number of hydrogen-bond donors (Lipinski definition) is 2. The van der Waals surface area contributed by atoms with Crippen molar-refractivity contribution >= 4 is 28.5 Å². The van der Waals surface area contributed by atoms with Crippen LogP contribution in [0.4, 0.5) is 10.9 Å². The molecule has 1 aromatic heterocycles. The average Bonchev–Trinajstić information content (AvgIpc) is 2.95. The lowest BCUT2D eigenvalue weighted by Gasteiger charge is -2.13. The molecule has 2 rings (SSSR count). The van der Waals surface area contributed by atoms with E-state index in [1.54, 1.807) is 11.6 Å². The standard InChI is InChI=1S/C17H24N4O2S/c1-4-22-15-9-13(5-6-14(15)23-8-7-12(2)3)10-19-21-17-20-16(18)11-24-17/h5-6,9-12H,4,7-8,18H2,1-3H3,(H,20,21). The summed E-state index contributed by atoms with van der Waals surface area (Å²) in [5.41, 5.74) is 9.33. The molecule has 0 unspecified atom stereocenters. The van der Waals surface area contributed by atoms with Crippen LogP contribution in [0, 0.1) is 5.92 Å². The van der Waals surface area contributed by atoms with Gasteiger partial charge in [-0.25, -0.2) is 4.98 Å². The summed E-state index contributed by atoms with van der Waals surface area (Å²) in [5.74, 6) is 2.58. The Hall–Kier alpha value is -2.28. The smallest absolute Gasteiger partial charge is 0.205 e. The first-order valence-corrected chi connectivity index (χ1v) is 8.86. The third kappa shape index (κ3) is 5.73. The number of rotatable bonds is 9. The molecule has 3 N–H and O–H groups in total. The van der Waals surface area contributed by atoms with Gasteiger partial charge in [-0.2, -0.15) is 5.10 Å². The Morgan fingerprint density at radius 2 is 2.17 bits per heavy atom. The Balaban J connectivity index is 2.01. The molecule has 7 heteroatoms. The van der Waals surface area contributed by atoms with Crippen molar-refractivity contribution in [3.8, 4) is 11.5 Å². The maximum absolute atomic E-state index is 5.82. The van der Waals surface area contributed by atoms with Crippen molar-refractivity contribution in [2.24, 2.45) is 11.0 Å². The van der Waals surface area contributed by atoms with E-state index in [1.807, 2.05) is 25.1 Å². The fourth-order valence-electron chi connectivity index (χ4n) is 1.90. The molecule has 0 aliphatic rings. The fraction of sp³-hybridized carbons (Fsp3) is 0.412. The summed E-state index contributed by atoms with van der Waals surface area (Å²) < 4.78 is 11.5. The first-order chi connectivity index (χ1) is 11.6. The third-order valence-corrected chi connectivity index (χ3v) is 3.88. The van der Waals surface area contributed by atoms with E-state index in [1.165, 1.54) is 11.3 Å². The normalized spacial score (nSPS) is 11.2. The van der Waals surface area contributed by atoms with Crippen LogP contribution in [-0.4, -0.2) is 24.4 Å². The van der Waals surface area contributed by atoms with E-state index in [-0.39, 0.29) is 0 Å². The number of anilines is 2. The zero-order valence-corrected chi connectivity index (χ0v) is 15.1. The molecule has 6 nitrogen and oxygen atoms in total. The number of nitrogens with two attached hydrogens (primary N) is 1. The number of nitrogens with zero attached hydrogens (tertiary/aromatic N) is 2. The first-order valence-electron chi connectivity index (χ1n) is 7.98. The van der Waals surface area contributed by atoms with Gasteiger partial charge in [-0.3, -0.25) is 5.43 Å². The highest BCUT2D eigenvalue weighted by atomic mass is 32.1. The Morgan fingerprint density at radius 1 is 1.33 bits per heavy atom. The second kappa shape index (κ2) is 9.12. The molecule has 0 aliphatic heterocycles. The molecule has 1 aromatic carbocycles. The molecule has 1 heterocycles. The van der Waals surface area contributed by atoms with Gasteiger partial charge in [-0.15, -0.1) is 11.3 Å². The molecule has 0 spiro atoms. The number of ether oxygens (including phenoxy) is 2. The second-order valence-electron chi connectivity index (χ2n) is 5.62. The van der Waals surface area contributed by atoms with Crippen molar-refractivity contribution in [1.29, 1.82) is 0 Å². The zero-order valence-electron chi connectivity index (χ0n) is 14.3. The SMILES string of the molecule is CCOc1cc(C=NNc2nc(N)cs2)ccc1OCCC(C)C. The van der Waals surface area contributed by atoms with Crippen molar-refractivity contribution in [3.05, 3.63) is 29.1 Å². The van der Waals surface area contributed by atoms with Gasteiger partial charge in [0.15, 0.2) is 11.5 Å². The molecular weight excluding hydrogens is 324 g/mol. The van der Waals surface area contributed by atoms with Gasteiger partial charge in [0.2, 0.25) is 5.13 Å². The van der Waals surface area contributed by atoms with Crippen LogP contribution in [0.5, 0.6) is 11.5 Å². The summed E-state index contributed by atoms with van der Waals surface area (Å²) in [6.45, 7) is 7.56. The summed E-state index contributed by atoms with van der Waals surface area (Å²) in [4.78, 5) is 4.08. The molecule has 0 fully saturated rings. The molecule has 130 valence electrons. The highest BCUT2D eigenvalue weighted by Crippen LogP contribution is 2.28. The largest absolute Gasteiger partial charge is 0.490 e. The van der Waals surface area contributed by atoms with Gasteiger partial charge in [-0.05, 0) is 43.0 Å². The van der Waals surface area contributed by atoms with Crippen LogP contribution in [0.15, 0.2) is 28.7 Å². The van der Waals surface area contributed by atoms with E-state index in [9.17, 15) is 0 Å². The molecule has 0 saturated heterocycles. The topological polar surface area (TPSA) is 81.8 Å². The van der Waals surface area contributed by atoms with Crippen molar-refractivity contribution in [2.75, 3.05) is 24.4 Å². The van der Waals surface area contributed by atoms with Crippen LogP contribution in [-0.2, 0) is 0 Å². The monoisotopic (exact) mass is 348 g/mol. The van der Waals surface area contributed by atoms with E-state index in [4.69, 9.17) is 15.2 Å². The van der Waals surface area contributed by atoms with Crippen LogP contribution < -0.4 is 20.6 Å². The Labute approximate surface area is 146 Å². The highest BCUT2D eigenvalue weighted by Gasteiger charge is 2.06. The number of hydrogen-bond acceptors (Lipinski definition) is 7. The van der Waals surface area contributed by atoms with Crippen LogP contribution in [0.3, 0.4) is 0 Å². The van der Waals surface area contributed by atoms with Gasteiger partial charge in [0.1, 0.15) is 5.82 Å². The Bertz CT molecular complexity index is 670. The summed E-state index contributed by atoms with van der Waals surface area (Å²) in [6, 6.07) is 5.76. The third-order valence-electron chi connectivity index (χ3n) is 3.12. The number of aromatic nitrogens is 1. The molecule has 0 radical (unpaired) electrons. The Kier molecular flexibility index (Phi) is 6.87. The number of nitrogen functional groups attached to an aromatic ring is 1. The molecule has 2 aromatic rings. The predicted octanol–water partition coefficient (Wildman–Crippen LogP) is 3.99. The van der Waals surface area contributed by atoms with Crippen molar-refractivity contribution in [3.63, 3.8) is 0 Å². The van der Waals surface area contributed by atoms with Crippen LogP contribution in [0.2, 0.25) is 0 Å². The van der Waals surface area contributed by atoms with Gasteiger partial charge in [0.25, 0.3) is 0 Å². The summed E-state index contributed by atoms with van der Waals surface area (Å²) >= 11 is 1.40. The van der Waals surface area contributed by atoms with E-state index in [2.05, 4.69) is 29.4 Å². The van der Waals surface area contributed by atoms with E-state index in [0.717, 1.165) is 23.5 Å². The molecule has 0 bridgehead atoms. The van der Waals surface area contributed by atoms with Crippen molar-refractivity contribution in [2.45, 2.75) is 27.2 Å². The van der Waals surface area contributed by atoms with Crippen molar-refractivity contribution in [1.82, 2.24) is 4.98 Å². The number of benzene rings is 1. The van der Waals surface area contributed by atoms with Gasteiger partial charge >= 0.3 is 0 Å². The number of hydrazone groups is 1. The molecule has 0 atom stereocenters. The van der Waals surface area contributed by atoms with Gasteiger partial charge in [0.05, 0.1) is 19.4 Å². The lowest BCUT2D eigenvalue weighted by atomic mass is 10.1. The molecule has 0 aliphatic carbocycles. The molecule has 0 saturated carbocycles. The minimum absolute atomic E-state index is 0.485. The second-order valence-corrected chi connectivity index (χ2v) is 6.48. The van der Waals surface area contributed by atoms with Gasteiger partial charge < -0.3 is 15.2 Å². The Morgan fingerprint density at radius 3 is 2.83 bits per heavy atom. The average molecular weight is 348 g/mol. The first kappa shape index (κ1) is 18.1. The molecular formula is C17H24N4O2S. The predicted molar refractivity (Wildman–Crippen MR) is 100 cm³/mol. The fourth-order valence-corrected chi connectivity index (χ4v) is 2.45. The number of nitrogens with one attached hydrogen (secondary N) is 1. The minimum atomic E-state index is 0.485. The van der Waals surface area contributed by atoms with Crippen LogP contribution in [0.25, 0.3) is 0 Å². The van der Waals surface area contributed by atoms with E-state index >= 15 is 0 Å². The van der Waals surface area contributed by atoms with Crippen LogP contribution in [0.1, 0.15) is 32.8 Å². The summed E-state index contributed by atoms with van der Waals surface area (Å²) in [5, 5.41) is 6.58. The van der Waals surface area contributed by atoms with Crippen LogP contribution >= 0.6 is 11.3 Å². The van der Waals surface area contributed by atoms with Crippen molar-refractivity contribution < 1.29 is 9.47 Å². The minimum Gasteiger partial charge on any atom is -0.490 e. The van der Waals surface area contributed by atoms with E-state index in [0.29, 0.717) is 30.1 Å². The van der Waals surface area contributed by atoms with E-state index < -0.39 is 0 Å².